The number of nitrogens with two attached hydrogens (primary N) is 1. The molecule has 0 radical (unpaired) electrons. The lowest BCUT2D eigenvalue weighted by Crippen LogP contribution is -2.39. The van der Waals surface area contributed by atoms with Crippen LogP contribution in [0.15, 0.2) is 23.1 Å². The molecule has 0 unspecified atom stereocenters. The van der Waals surface area contributed by atoms with Crippen molar-refractivity contribution in [3.05, 3.63) is 28.8 Å². The second-order valence-corrected chi connectivity index (χ2v) is 6.70. The third kappa shape index (κ3) is 2.60. The van der Waals surface area contributed by atoms with E-state index in [9.17, 15) is 8.42 Å². The Balaban J connectivity index is 2.40. The molecule has 0 saturated carbocycles. The van der Waals surface area contributed by atoms with E-state index in [1.165, 1.54) is 22.5 Å². The summed E-state index contributed by atoms with van der Waals surface area (Å²) in [6.45, 7) is 0.783. The summed E-state index contributed by atoms with van der Waals surface area (Å²) in [6.07, 6.45) is 1.59. The van der Waals surface area contributed by atoms with Crippen molar-refractivity contribution in [1.82, 2.24) is 4.31 Å². The molecule has 0 aromatic heterocycles. The molecule has 0 aliphatic carbocycles. The Morgan fingerprint density at radius 3 is 2.84 bits per heavy atom. The summed E-state index contributed by atoms with van der Waals surface area (Å²) < 4.78 is 26.4. The summed E-state index contributed by atoms with van der Waals surface area (Å²) in [7, 11) is -3.59. The van der Waals surface area contributed by atoms with E-state index < -0.39 is 10.0 Å². The topological polar surface area (TPSA) is 87.2 Å². The molecule has 1 aromatic rings. The summed E-state index contributed by atoms with van der Waals surface area (Å²) in [5, 5.41) is 8.94. The lowest BCUT2D eigenvalue weighted by molar-refractivity contribution is 0.393. The monoisotopic (exact) mass is 299 g/mol. The van der Waals surface area contributed by atoms with Gasteiger partial charge >= 0.3 is 0 Å². The van der Waals surface area contributed by atoms with E-state index >= 15 is 0 Å². The van der Waals surface area contributed by atoms with Gasteiger partial charge in [-0.25, -0.2) is 8.42 Å². The first-order chi connectivity index (χ1) is 9.00. The molecule has 1 aliphatic heterocycles. The summed E-state index contributed by atoms with van der Waals surface area (Å²) in [6, 6.07) is 5.90. The minimum absolute atomic E-state index is 0.108. The van der Waals surface area contributed by atoms with Gasteiger partial charge in [0.25, 0.3) is 0 Å². The van der Waals surface area contributed by atoms with Gasteiger partial charge in [-0.15, -0.1) is 0 Å². The maximum Gasteiger partial charge on any atom is 0.243 e. The molecule has 1 atom stereocenters. The molecular formula is C12H14ClN3O2S. The van der Waals surface area contributed by atoms with Crippen molar-refractivity contribution in [2.24, 2.45) is 5.73 Å². The highest BCUT2D eigenvalue weighted by Crippen LogP contribution is 2.28. The molecule has 19 heavy (non-hydrogen) atoms. The smallest absolute Gasteiger partial charge is 0.243 e. The lowest BCUT2D eigenvalue weighted by Gasteiger charge is -2.22. The van der Waals surface area contributed by atoms with E-state index in [1.54, 1.807) is 0 Å². The minimum Gasteiger partial charge on any atom is -0.329 e. The first-order valence-electron chi connectivity index (χ1n) is 5.92. The van der Waals surface area contributed by atoms with Crippen LogP contribution in [-0.2, 0) is 10.0 Å². The number of hydrogen-bond acceptors (Lipinski definition) is 4. The van der Waals surface area contributed by atoms with E-state index in [0.717, 1.165) is 12.8 Å². The molecule has 0 amide bonds. The van der Waals surface area contributed by atoms with Crippen molar-refractivity contribution in [2.45, 2.75) is 23.8 Å². The Labute approximate surface area is 117 Å². The van der Waals surface area contributed by atoms with Gasteiger partial charge < -0.3 is 5.73 Å². The highest BCUT2D eigenvalue weighted by atomic mass is 35.5. The Bertz CT molecular complexity index is 624. The predicted molar refractivity (Wildman–Crippen MR) is 72.1 cm³/mol. The first-order valence-corrected chi connectivity index (χ1v) is 7.74. The maximum absolute atomic E-state index is 12.5. The second kappa shape index (κ2) is 5.47. The fraction of sp³-hybridized carbons (Fsp3) is 0.417. The fourth-order valence-electron chi connectivity index (χ4n) is 2.24. The van der Waals surface area contributed by atoms with Crippen LogP contribution in [0.5, 0.6) is 0 Å². The standard InChI is InChI=1S/C12H14ClN3O2S/c13-12-6-11(4-3-9(12)7-14)19(17,18)16-5-1-2-10(16)8-15/h3-4,6,10H,1-2,5,8,15H2/t10-/m1/s1. The van der Waals surface area contributed by atoms with Gasteiger partial charge in [0, 0.05) is 19.1 Å². The van der Waals surface area contributed by atoms with Gasteiger partial charge in [-0.3, -0.25) is 0 Å². The van der Waals surface area contributed by atoms with E-state index in [-0.39, 0.29) is 21.5 Å². The second-order valence-electron chi connectivity index (χ2n) is 4.40. The SMILES string of the molecule is N#Cc1ccc(S(=O)(=O)N2CCC[C@@H]2CN)cc1Cl. The number of benzene rings is 1. The van der Waals surface area contributed by atoms with Gasteiger partial charge in [0.1, 0.15) is 6.07 Å². The van der Waals surface area contributed by atoms with Crippen LogP contribution in [0.4, 0.5) is 0 Å². The number of nitriles is 1. The van der Waals surface area contributed by atoms with Crippen LogP contribution in [0.1, 0.15) is 18.4 Å². The van der Waals surface area contributed by atoms with Crippen molar-refractivity contribution >= 4 is 21.6 Å². The molecule has 1 fully saturated rings. The van der Waals surface area contributed by atoms with Crippen molar-refractivity contribution in [2.75, 3.05) is 13.1 Å². The summed E-state index contributed by atoms with van der Waals surface area (Å²) in [5.41, 5.74) is 5.86. The van der Waals surface area contributed by atoms with Crippen LogP contribution in [0.2, 0.25) is 5.02 Å². The van der Waals surface area contributed by atoms with E-state index in [1.807, 2.05) is 6.07 Å². The largest absolute Gasteiger partial charge is 0.329 e. The van der Waals surface area contributed by atoms with Crippen LogP contribution in [-0.4, -0.2) is 31.9 Å². The number of hydrogen-bond donors (Lipinski definition) is 1. The molecule has 5 nitrogen and oxygen atoms in total. The molecule has 1 saturated heterocycles. The lowest BCUT2D eigenvalue weighted by atomic mass is 10.2. The van der Waals surface area contributed by atoms with E-state index in [2.05, 4.69) is 0 Å². The van der Waals surface area contributed by atoms with Crippen LogP contribution < -0.4 is 5.73 Å². The Morgan fingerprint density at radius 2 is 2.26 bits per heavy atom. The average Bonchev–Trinajstić information content (AvgIpc) is 2.87. The minimum atomic E-state index is -3.59. The van der Waals surface area contributed by atoms with Crippen molar-refractivity contribution < 1.29 is 8.42 Å². The molecular weight excluding hydrogens is 286 g/mol. The van der Waals surface area contributed by atoms with Crippen molar-refractivity contribution in [1.29, 1.82) is 5.26 Å². The molecule has 0 bridgehead atoms. The normalized spacial score (nSPS) is 20.4. The zero-order valence-electron chi connectivity index (χ0n) is 10.2. The van der Waals surface area contributed by atoms with E-state index in [4.69, 9.17) is 22.6 Å². The molecule has 1 aliphatic rings. The van der Waals surface area contributed by atoms with Gasteiger partial charge in [-0.05, 0) is 31.0 Å². The van der Waals surface area contributed by atoms with Gasteiger partial charge in [0.2, 0.25) is 10.0 Å². The van der Waals surface area contributed by atoms with Gasteiger partial charge in [0.15, 0.2) is 0 Å². The Morgan fingerprint density at radius 1 is 1.53 bits per heavy atom. The predicted octanol–water partition coefficient (Wildman–Crippen LogP) is 1.32. The maximum atomic E-state index is 12.5. The zero-order valence-corrected chi connectivity index (χ0v) is 11.8. The number of halogens is 1. The summed E-state index contributed by atoms with van der Waals surface area (Å²) >= 11 is 5.88. The highest BCUT2D eigenvalue weighted by Gasteiger charge is 2.34. The molecule has 0 spiro atoms. The number of sulfonamides is 1. The summed E-state index contributed by atoms with van der Waals surface area (Å²) in [5.74, 6) is 0. The number of nitrogens with zero attached hydrogens (tertiary/aromatic N) is 2. The van der Waals surface area contributed by atoms with Crippen LogP contribution in [0, 0.1) is 11.3 Å². The summed E-state index contributed by atoms with van der Waals surface area (Å²) in [4.78, 5) is 0.108. The van der Waals surface area contributed by atoms with Gasteiger partial charge in [0.05, 0.1) is 15.5 Å². The van der Waals surface area contributed by atoms with Crippen LogP contribution >= 0.6 is 11.6 Å². The Hall–Kier alpha value is -1.13. The third-order valence-corrected chi connectivity index (χ3v) is 5.52. The quantitative estimate of drug-likeness (QED) is 0.912. The average molecular weight is 300 g/mol. The van der Waals surface area contributed by atoms with Crippen molar-refractivity contribution in [3.63, 3.8) is 0 Å². The fourth-order valence-corrected chi connectivity index (χ4v) is 4.26. The first kappa shape index (κ1) is 14.3. The molecule has 1 aromatic carbocycles. The number of rotatable bonds is 3. The van der Waals surface area contributed by atoms with Crippen LogP contribution in [0.3, 0.4) is 0 Å². The van der Waals surface area contributed by atoms with E-state index in [0.29, 0.717) is 13.1 Å². The molecule has 2 rings (SSSR count). The molecule has 1 heterocycles. The molecule has 2 N–H and O–H groups in total. The Kier molecular flexibility index (Phi) is 4.11. The van der Waals surface area contributed by atoms with Gasteiger partial charge in [-0.2, -0.15) is 9.57 Å². The van der Waals surface area contributed by atoms with Crippen molar-refractivity contribution in [3.8, 4) is 6.07 Å². The molecule has 7 heteroatoms. The third-order valence-electron chi connectivity index (χ3n) is 3.26. The van der Waals surface area contributed by atoms with Crippen LogP contribution in [0.25, 0.3) is 0 Å². The van der Waals surface area contributed by atoms with Gasteiger partial charge in [-0.1, -0.05) is 11.6 Å². The molecule has 102 valence electrons. The highest BCUT2D eigenvalue weighted by molar-refractivity contribution is 7.89. The zero-order chi connectivity index (χ0) is 14.0.